The Morgan fingerprint density at radius 3 is 2.46 bits per heavy atom. The summed E-state index contributed by atoms with van der Waals surface area (Å²) in [6.45, 7) is 0.160. The molecule has 0 aliphatic heterocycles. The Morgan fingerprint density at radius 1 is 1.04 bits per heavy atom. The molecule has 0 bridgehead atoms. The second kappa shape index (κ2) is 8.44. The quantitative estimate of drug-likeness (QED) is 0.619. The Morgan fingerprint density at radius 2 is 1.79 bits per heavy atom. The summed E-state index contributed by atoms with van der Waals surface area (Å²) < 4.78 is 39.1. The third-order valence-electron chi connectivity index (χ3n) is 4.17. The molecule has 0 fully saturated rings. The fraction of sp³-hybridized carbons (Fsp3) is 0.143. The summed E-state index contributed by atoms with van der Waals surface area (Å²) in [7, 11) is 0. The maximum atomic E-state index is 13.0. The Kier molecular flexibility index (Phi) is 5.99. The molecule has 2 aromatic carbocycles. The standard InChI is InChI=1S/C21H16ClF3N2O/c22-18-13-15(19-7-3-4-11-26-19)9-8-14(18)10-12-27-20(28)16-5-1-2-6-17(16)21(23,24)25/h1-9,11,13H,10,12H2,(H,27,28). The third kappa shape index (κ3) is 4.70. The minimum Gasteiger partial charge on any atom is -0.352 e. The number of carbonyl (C=O) groups is 1. The molecule has 1 N–H and O–H groups in total. The zero-order chi connectivity index (χ0) is 20.1. The average Bonchev–Trinajstić information content (AvgIpc) is 2.69. The highest BCUT2D eigenvalue weighted by molar-refractivity contribution is 6.31. The molecule has 0 spiro atoms. The van der Waals surface area contributed by atoms with E-state index in [1.165, 1.54) is 12.1 Å². The number of hydrogen-bond donors (Lipinski definition) is 1. The molecule has 28 heavy (non-hydrogen) atoms. The van der Waals surface area contributed by atoms with Gasteiger partial charge in [-0.2, -0.15) is 13.2 Å². The molecule has 0 radical (unpaired) electrons. The molecule has 1 heterocycles. The molecule has 7 heteroatoms. The number of halogens is 4. The summed E-state index contributed by atoms with van der Waals surface area (Å²) in [5.74, 6) is -0.769. The molecular formula is C21H16ClF3N2O. The van der Waals surface area contributed by atoms with Crippen molar-refractivity contribution in [2.45, 2.75) is 12.6 Å². The number of hydrogen-bond acceptors (Lipinski definition) is 2. The molecule has 0 saturated heterocycles. The topological polar surface area (TPSA) is 42.0 Å². The van der Waals surface area contributed by atoms with Gasteiger partial charge in [0, 0.05) is 23.3 Å². The lowest BCUT2D eigenvalue weighted by Gasteiger charge is -2.13. The van der Waals surface area contributed by atoms with E-state index in [2.05, 4.69) is 10.3 Å². The van der Waals surface area contributed by atoms with Gasteiger partial charge in [-0.15, -0.1) is 0 Å². The molecule has 0 atom stereocenters. The van der Waals surface area contributed by atoms with E-state index in [0.29, 0.717) is 11.4 Å². The van der Waals surface area contributed by atoms with Crippen molar-refractivity contribution in [1.82, 2.24) is 10.3 Å². The van der Waals surface area contributed by atoms with E-state index in [1.807, 2.05) is 30.3 Å². The first-order chi connectivity index (χ1) is 13.4. The van der Waals surface area contributed by atoms with Crippen molar-refractivity contribution < 1.29 is 18.0 Å². The fourth-order valence-corrected chi connectivity index (χ4v) is 3.05. The second-order valence-electron chi connectivity index (χ2n) is 6.07. The van der Waals surface area contributed by atoms with E-state index < -0.39 is 23.2 Å². The highest BCUT2D eigenvalue weighted by atomic mass is 35.5. The lowest BCUT2D eigenvalue weighted by atomic mass is 10.1. The van der Waals surface area contributed by atoms with E-state index >= 15 is 0 Å². The van der Waals surface area contributed by atoms with Gasteiger partial charge in [-0.3, -0.25) is 9.78 Å². The lowest BCUT2D eigenvalue weighted by molar-refractivity contribution is -0.137. The summed E-state index contributed by atoms with van der Waals surface area (Å²) in [4.78, 5) is 16.4. The van der Waals surface area contributed by atoms with Gasteiger partial charge in [0.05, 0.1) is 16.8 Å². The van der Waals surface area contributed by atoms with Crippen molar-refractivity contribution in [3.05, 3.63) is 88.6 Å². The first-order valence-corrected chi connectivity index (χ1v) is 8.88. The Balaban J connectivity index is 1.65. The number of nitrogens with zero attached hydrogens (tertiary/aromatic N) is 1. The number of benzene rings is 2. The van der Waals surface area contributed by atoms with Crippen molar-refractivity contribution in [1.29, 1.82) is 0 Å². The maximum absolute atomic E-state index is 13.0. The molecule has 0 aliphatic rings. The van der Waals surface area contributed by atoms with Crippen LogP contribution in [0.5, 0.6) is 0 Å². The summed E-state index contributed by atoms with van der Waals surface area (Å²) in [6, 6.07) is 15.7. The molecule has 144 valence electrons. The summed E-state index contributed by atoms with van der Waals surface area (Å²) >= 11 is 6.31. The Labute approximate surface area is 165 Å². The van der Waals surface area contributed by atoms with Crippen LogP contribution < -0.4 is 5.32 Å². The monoisotopic (exact) mass is 404 g/mol. The molecule has 3 rings (SSSR count). The van der Waals surface area contributed by atoms with Gasteiger partial charge in [0.25, 0.3) is 5.91 Å². The van der Waals surface area contributed by atoms with Crippen LogP contribution in [0.15, 0.2) is 66.9 Å². The largest absolute Gasteiger partial charge is 0.417 e. The SMILES string of the molecule is O=C(NCCc1ccc(-c2ccccn2)cc1Cl)c1ccccc1C(F)(F)F. The number of aromatic nitrogens is 1. The van der Waals surface area contributed by atoms with Crippen molar-refractivity contribution >= 4 is 17.5 Å². The Hall–Kier alpha value is -2.86. The molecular weight excluding hydrogens is 389 g/mol. The molecule has 0 aliphatic carbocycles. The van der Waals surface area contributed by atoms with Crippen LogP contribution in [0.2, 0.25) is 5.02 Å². The molecule has 1 aromatic heterocycles. The van der Waals surface area contributed by atoms with Crippen molar-refractivity contribution in [3.63, 3.8) is 0 Å². The fourth-order valence-electron chi connectivity index (χ4n) is 2.78. The van der Waals surface area contributed by atoms with Gasteiger partial charge in [0.2, 0.25) is 0 Å². The third-order valence-corrected chi connectivity index (χ3v) is 4.52. The van der Waals surface area contributed by atoms with Gasteiger partial charge in [-0.05, 0) is 42.3 Å². The highest BCUT2D eigenvalue weighted by Gasteiger charge is 2.34. The normalized spacial score (nSPS) is 11.3. The van der Waals surface area contributed by atoms with Gasteiger partial charge in [0.15, 0.2) is 0 Å². The van der Waals surface area contributed by atoms with E-state index in [-0.39, 0.29) is 6.54 Å². The number of amides is 1. The molecule has 0 saturated carbocycles. The highest BCUT2D eigenvalue weighted by Crippen LogP contribution is 2.31. The zero-order valence-corrected chi connectivity index (χ0v) is 15.4. The van der Waals surface area contributed by atoms with Crippen LogP contribution in [-0.2, 0) is 12.6 Å². The second-order valence-corrected chi connectivity index (χ2v) is 6.48. The van der Waals surface area contributed by atoms with E-state index in [1.54, 1.807) is 12.3 Å². The molecule has 3 aromatic rings. The average molecular weight is 405 g/mol. The summed E-state index contributed by atoms with van der Waals surface area (Å²) in [6.07, 6.45) is -2.51. The number of pyridine rings is 1. The van der Waals surface area contributed by atoms with Gasteiger partial charge in [0.1, 0.15) is 0 Å². The number of nitrogens with one attached hydrogen (secondary N) is 1. The molecule has 0 unspecified atom stereocenters. The predicted octanol–water partition coefficient (Wildman–Crippen LogP) is 5.39. The van der Waals surface area contributed by atoms with E-state index in [0.717, 1.165) is 29.0 Å². The van der Waals surface area contributed by atoms with Crippen LogP contribution in [0.3, 0.4) is 0 Å². The van der Waals surface area contributed by atoms with Gasteiger partial charge < -0.3 is 5.32 Å². The van der Waals surface area contributed by atoms with Crippen LogP contribution >= 0.6 is 11.6 Å². The number of carbonyl (C=O) groups excluding carboxylic acids is 1. The summed E-state index contributed by atoms with van der Waals surface area (Å²) in [5.41, 5.74) is 1.08. The Bertz CT molecular complexity index is 975. The van der Waals surface area contributed by atoms with Crippen LogP contribution in [0.1, 0.15) is 21.5 Å². The van der Waals surface area contributed by atoms with E-state index in [4.69, 9.17) is 11.6 Å². The number of rotatable bonds is 5. The molecule has 3 nitrogen and oxygen atoms in total. The molecule has 1 amide bonds. The van der Waals surface area contributed by atoms with Gasteiger partial charge in [-0.25, -0.2) is 0 Å². The van der Waals surface area contributed by atoms with Gasteiger partial charge in [-0.1, -0.05) is 41.9 Å². The van der Waals surface area contributed by atoms with Gasteiger partial charge >= 0.3 is 6.18 Å². The lowest BCUT2D eigenvalue weighted by Crippen LogP contribution is -2.28. The zero-order valence-electron chi connectivity index (χ0n) is 14.6. The number of alkyl halides is 3. The van der Waals surface area contributed by atoms with Crippen molar-refractivity contribution in [3.8, 4) is 11.3 Å². The van der Waals surface area contributed by atoms with Crippen molar-refractivity contribution in [2.24, 2.45) is 0 Å². The minimum atomic E-state index is -4.58. The first-order valence-electron chi connectivity index (χ1n) is 8.50. The van der Waals surface area contributed by atoms with Crippen LogP contribution in [0.25, 0.3) is 11.3 Å². The van der Waals surface area contributed by atoms with Crippen LogP contribution in [0.4, 0.5) is 13.2 Å². The predicted molar refractivity (Wildman–Crippen MR) is 102 cm³/mol. The smallest absolute Gasteiger partial charge is 0.352 e. The van der Waals surface area contributed by atoms with Crippen molar-refractivity contribution in [2.75, 3.05) is 6.54 Å². The minimum absolute atomic E-state index is 0.160. The van der Waals surface area contributed by atoms with Crippen LogP contribution in [0, 0.1) is 0 Å². The maximum Gasteiger partial charge on any atom is 0.417 e. The first kappa shape index (κ1) is 19.9. The van der Waals surface area contributed by atoms with Crippen LogP contribution in [-0.4, -0.2) is 17.4 Å². The van der Waals surface area contributed by atoms with E-state index in [9.17, 15) is 18.0 Å². The summed E-state index contributed by atoms with van der Waals surface area (Å²) in [5, 5.41) is 3.03.